The zero-order valence-corrected chi connectivity index (χ0v) is 14.0. The second-order valence-electron chi connectivity index (χ2n) is 5.24. The molecule has 0 spiro atoms. The number of ketones is 1. The minimum Gasteiger partial charge on any atom is -0.484 e. The Morgan fingerprint density at radius 3 is 2.12 bits per heavy atom. The Hall–Kier alpha value is -3.15. The lowest BCUT2D eigenvalue weighted by Gasteiger charge is -2.08. The van der Waals surface area contributed by atoms with Crippen molar-refractivity contribution in [2.24, 2.45) is 0 Å². The number of nitrogens with one attached hydrogen (secondary N) is 2. The van der Waals surface area contributed by atoms with E-state index in [0.29, 0.717) is 23.4 Å². The molecule has 6 heteroatoms. The van der Waals surface area contributed by atoms with Crippen LogP contribution in [0.4, 0.5) is 0 Å². The van der Waals surface area contributed by atoms with Crippen LogP contribution < -0.4 is 15.4 Å². The zero-order chi connectivity index (χ0) is 18.1. The smallest absolute Gasteiger partial charge is 0.258 e. The molecular formula is C19H20N2O4. The van der Waals surface area contributed by atoms with Crippen molar-refractivity contribution in [3.05, 3.63) is 65.7 Å². The molecular weight excluding hydrogens is 320 g/mol. The molecule has 0 saturated heterocycles. The summed E-state index contributed by atoms with van der Waals surface area (Å²) in [4.78, 5) is 35.1. The van der Waals surface area contributed by atoms with Crippen molar-refractivity contribution in [1.82, 2.24) is 10.6 Å². The Morgan fingerprint density at radius 2 is 1.48 bits per heavy atom. The highest BCUT2D eigenvalue weighted by Crippen LogP contribution is 2.15. The maximum absolute atomic E-state index is 12.3. The molecule has 0 fully saturated rings. The maximum Gasteiger partial charge on any atom is 0.258 e. The first-order valence-corrected chi connectivity index (χ1v) is 7.96. The summed E-state index contributed by atoms with van der Waals surface area (Å²) >= 11 is 0. The number of benzene rings is 2. The minimum atomic E-state index is -0.393. The Labute approximate surface area is 146 Å². The molecule has 0 saturated carbocycles. The monoisotopic (exact) mass is 340 g/mol. The van der Waals surface area contributed by atoms with E-state index >= 15 is 0 Å². The molecule has 6 nitrogen and oxygen atoms in total. The van der Waals surface area contributed by atoms with Crippen LogP contribution >= 0.6 is 0 Å². The van der Waals surface area contributed by atoms with Crippen LogP contribution in [-0.2, 0) is 9.59 Å². The molecule has 130 valence electrons. The van der Waals surface area contributed by atoms with Crippen LogP contribution in [0.1, 0.15) is 22.8 Å². The van der Waals surface area contributed by atoms with Crippen molar-refractivity contribution in [2.75, 3.05) is 19.7 Å². The van der Waals surface area contributed by atoms with E-state index in [9.17, 15) is 14.4 Å². The van der Waals surface area contributed by atoms with Gasteiger partial charge >= 0.3 is 0 Å². The van der Waals surface area contributed by atoms with Gasteiger partial charge in [-0.3, -0.25) is 14.4 Å². The number of carbonyl (C=O) groups excluding carboxylic acids is 3. The first kappa shape index (κ1) is 18.2. The molecule has 2 rings (SSSR count). The molecule has 0 aliphatic heterocycles. The van der Waals surface area contributed by atoms with Gasteiger partial charge in [0.15, 0.2) is 12.4 Å². The average molecular weight is 340 g/mol. The van der Waals surface area contributed by atoms with E-state index in [4.69, 9.17) is 4.74 Å². The molecule has 0 atom stereocenters. The second-order valence-corrected chi connectivity index (χ2v) is 5.24. The summed E-state index contributed by atoms with van der Waals surface area (Å²) in [5.41, 5.74) is 1.15. The van der Waals surface area contributed by atoms with Crippen LogP contribution in [0.25, 0.3) is 0 Å². The topological polar surface area (TPSA) is 84.5 Å². The Morgan fingerprint density at radius 1 is 0.840 bits per heavy atom. The fourth-order valence-corrected chi connectivity index (χ4v) is 2.10. The van der Waals surface area contributed by atoms with Gasteiger partial charge in [-0.1, -0.05) is 30.3 Å². The predicted molar refractivity (Wildman–Crippen MR) is 93.5 cm³/mol. The normalized spacial score (nSPS) is 9.96. The number of hydrogen-bond donors (Lipinski definition) is 2. The van der Waals surface area contributed by atoms with Crippen molar-refractivity contribution in [3.8, 4) is 5.75 Å². The summed E-state index contributed by atoms with van der Waals surface area (Å²) in [6.45, 7) is 2.03. The van der Waals surface area contributed by atoms with Crippen LogP contribution in [0.3, 0.4) is 0 Å². The fraction of sp³-hybridized carbons (Fsp3) is 0.211. The lowest BCUT2D eigenvalue weighted by molar-refractivity contribution is -0.127. The van der Waals surface area contributed by atoms with Gasteiger partial charge in [0.2, 0.25) is 5.91 Å². The summed E-state index contributed by atoms with van der Waals surface area (Å²) in [6.07, 6.45) is 0. The van der Waals surface area contributed by atoms with E-state index in [1.54, 1.807) is 43.3 Å². The summed E-state index contributed by atoms with van der Waals surface area (Å²) < 4.78 is 5.35. The number of amides is 2. The van der Waals surface area contributed by atoms with Gasteiger partial charge in [0, 0.05) is 17.7 Å². The maximum atomic E-state index is 12.3. The molecule has 2 aromatic carbocycles. The average Bonchev–Trinajstić information content (AvgIpc) is 2.65. The lowest BCUT2D eigenvalue weighted by atomic mass is 10.0. The van der Waals surface area contributed by atoms with Gasteiger partial charge in [-0.05, 0) is 31.2 Å². The van der Waals surface area contributed by atoms with Gasteiger partial charge in [-0.2, -0.15) is 0 Å². The lowest BCUT2D eigenvalue weighted by Crippen LogP contribution is -2.38. The number of rotatable bonds is 8. The number of likely N-dealkylation sites (N-methyl/N-ethyl adjacent to an activating group) is 1. The minimum absolute atomic E-state index is 0.0770. The van der Waals surface area contributed by atoms with Crippen molar-refractivity contribution in [1.29, 1.82) is 0 Å². The van der Waals surface area contributed by atoms with E-state index in [-0.39, 0.29) is 24.8 Å². The van der Waals surface area contributed by atoms with Crippen molar-refractivity contribution < 1.29 is 19.1 Å². The molecule has 0 aliphatic carbocycles. The first-order valence-electron chi connectivity index (χ1n) is 7.96. The van der Waals surface area contributed by atoms with Gasteiger partial charge < -0.3 is 15.4 Å². The van der Waals surface area contributed by atoms with Crippen molar-refractivity contribution in [2.45, 2.75) is 6.92 Å². The standard InChI is InChI=1S/C19H20N2O4/c1-2-20-17(22)12-21-18(23)13-25-16-10-8-15(9-11-16)19(24)14-6-4-3-5-7-14/h3-11H,2,12-13H2,1H3,(H,20,22)(H,21,23). The molecule has 0 radical (unpaired) electrons. The largest absolute Gasteiger partial charge is 0.484 e. The zero-order valence-electron chi connectivity index (χ0n) is 14.0. The van der Waals surface area contributed by atoms with Crippen LogP contribution in [0.2, 0.25) is 0 Å². The highest BCUT2D eigenvalue weighted by atomic mass is 16.5. The van der Waals surface area contributed by atoms with E-state index in [0.717, 1.165) is 0 Å². The van der Waals surface area contributed by atoms with Crippen molar-refractivity contribution >= 4 is 17.6 Å². The van der Waals surface area contributed by atoms with Gasteiger partial charge in [-0.15, -0.1) is 0 Å². The number of ether oxygens (including phenoxy) is 1. The Bertz CT molecular complexity index is 727. The third-order valence-corrected chi connectivity index (χ3v) is 3.34. The van der Waals surface area contributed by atoms with Crippen LogP contribution in [0.15, 0.2) is 54.6 Å². The molecule has 0 bridgehead atoms. The molecule has 0 heterocycles. The van der Waals surface area contributed by atoms with Gasteiger partial charge in [0.05, 0.1) is 6.54 Å². The van der Waals surface area contributed by atoms with Crippen LogP contribution in [-0.4, -0.2) is 37.3 Å². The van der Waals surface area contributed by atoms with Crippen LogP contribution in [0.5, 0.6) is 5.75 Å². The fourth-order valence-electron chi connectivity index (χ4n) is 2.10. The Kier molecular flexibility index (Phi) is 6.71. The van der Waals surface area contributed by atoms with Gasteiger partial charge in [-0.25, -0.2) is 0 Å². The van der Waals surface area contributed by atoms with Crippen molar-refractivity contribution in [3.63, 3.8) is 0 Å². The molecule has 0 aliphatic rings. The number of carbonyl (C=O) groups is 3. The summed E-state index contributed by atoms with van der Waals surface area (Å²) in [5.74, 6) is -0.250. The second kappa shape index (κ2) is 9.22. The van der Waals surface area contributed by atoms with E-state index in [1.807, 2.05) is 18.2 Å². The highest BCUT2D eigenvalue weighted by Gasteiger charge is 2.09. The summed E-state index contributed by atoms with van der Waals surface area (Å²) in [7, 11) is 0. The first-order chi connectivity index (χ1) is 12.1. The predicted octanol–water partition coefficient (Wildman–Crippen LogP) is 1.55. The molecule has 2 N–H and O–H groups in total. The SMILES string of the molecule is CCNC(=O)CNC(=O)COc1ccc(C(=O)c2ccccc2)cc1. The molecule has 2 amide bonds. The van der Waals surface area contributed by atoms with Gasteiger partial charge in [0.25, 0.3) is 5.91 Å². The molecule has 0 unspecified atom stereocenters. The highest BCUT2D eigenvalue weighted by molar-refractivity contribution is 6.08. The van der Waals surface area contributed by atoms with E-state index in [1.165, 1.54) is 0 Å². The Balaban J connectivity index is 1.83. The summed E-state index contributed by atoms with van der Waals surface area (Å²) in [5, 5.41) is 5.04. The van der Waals surface area contributed by atoms with E-state index in [2.05, 4.69) is 10.6 Å². The third-order valence-electron chi connectivity index (χ3n) is 3.34. The van der Waals surface area contributed by atoms with E-state index < -0.39 is 5.91 Å². The number of hydrogen-bond acceptors (Lipinski definition) is 4. The molecule has 2 aromatic rings. The molecule has 25 heavy (non-hydrogen) atoms. The quantitative estimate of drug-likeness (QED) is 0.714. The van der Waals surface area contributed by atoms with Crippen LogP contribution in [0, 0.1) is 0 Å². The summed E-state index contributed by atoms with van der Waals surface area (Å²) in [6, 6.07) is 15.5. The van der Waals surface area contributed by atoms with Gasteiger partial charge in [0.1, 0.15) is 5.75 Å². The molecule has 0 aromatic heterocycles. The third kappa shape index (κ3) is 5.76.